The van der Waals surface area contributed by atoms with Crippen molar-refractivity contribution in [2.75, 3.05) is 7.11 Å². The first-order valence-corrected chi connectivity index (χ1v) is 5.42. The van der Waals surface area contributed by atoms with Crippen LogP contribution in [0.4, 0.5) is 0 Å². The Morgan fingerprint density at radius 3 is 2.50 bits per heavy atom. The molecule has 0 fully saturated rings. The van der Waals surface area contributed by atoms with Gasteiger partial charge in [-0.05, 0) is 12.5 Å². The van der Waals surface area contributed by atoms with Crippen LogP contribution in [0.3, 0.4) is 0 Å². The minimum absolute atomic E-state index is 0.258. The standard InChI is InChI=1S/C14H12O4/c1-9-13(14(16)17-2)11(8-12(15)18-9)10-6-4-3-5-7-10/h3-8H,1-2H3. The summed E-state index contributed by atoms with van der Waals surface area (Å²) in [6.07, 6.45) is 0. The van der Waals surface area contributed by atoms with Crippen molar-refractivity contribution in [1.29, 1.82) is 0 Å². The summed E-state index contributed by atoms with van der Waals surface area (Å²) in [6, 6.07) is 10.5. The minimum Gasteiger partial charge on any atom is -0.465 e. The summed E-state index contributed by atoms with van der Waals surface area (Å²) in [4.78, 5) is 23.2. The molecule has 0 atom stereocenters. The van der Waals surface area contributed by atoms with Gasteiger partial charge in [0.05, 0.1) is 7.11 Å². The second kappa shape index (κ2) is 4.87. The molecular weight excluding hydrogens is 232 g/mol. The SMILES string of the molecule is COC(=O)c1c(-c2ccccc2)cc(=O)oc1C. The third-order valence-corrected chi connectivity index (χ3v) is 2.61. The monoisotopic (exact) mass is 244 g/mol. The predicted molar refractivity (Wildman–Crippen MR) is 66.5 cm³/mol. The molecule has 18 heavy (non-hydrogen) atoms. The highest BCUT2D eigenvalue weighted by molar-refractivity contribution is 5.97. The van der Waals surface area contributed by atoms with Crippen molar-refractivity contribution >= 4 is 5.97 Å². The molecule has 0 saturated carbocycles. The average Bonchev–Trinajstić information content (AvgIpc) is 2.38. The Kier molecular flexibility index (Phi) is 3.28. The molecule has 2 rings (SSSR count). The van der Waals surface area contributed by atoms with E-state index in [2.05, 4.69) is 0 Å². The van der Waals surface area contributed by atoms with Crippen molar-refractivity contribution < 1.29 is 13.9 Å². The van der Waals surface area contributed by atoms with Crippen molar-refractivity contribution in [3.05, 3.63) is 58.1 Å². The van der Waals surface area contributed by atoms with E-state index in [9.17, 15) is 9.59 Å². The van der Waals surface area contributed by atoms with Crippen LogP contribution < -0.4 is 5.63 Å². The van der Waals surface area contributed by atoms with Crippen molar-refractivity contribution in [3.8, 4) is 11.1 Å². The van der Waals surface area contributed by atoms with E-state index in [0.29, 0.717) is 5.56 Å². The Morgan fingerprint density at radius 2 is 1.89 bits per heavy atom. The minimum atomic E-state index is -0.518. The summed E-state index contributed by atoms with van der Waals surface area (Å²) < 4.78 is 9.66. The molecule has 0 amide bonds. The van der Waals surface area contributed by atoms with Gasteiger partial charge in [-0.3, -0.25) is 0 Å². The van der Waals surface area contributed by atoms with Crippen LogP contribution >= 0.6 is 0 Å². The van der Waals surface area contributed by atoms with Crippen LogP contribution in [0.15, 0.2) is 45.6 Å². The maximum Gasteiger partial charge on any atom is 0.341 e. The van der Waals surface area contributed by atoms with Crippen molar-refractivity contribution in [2.24, 2.45) is 0 Å². The molecule has 4 heteroatoms. The van der Waals surface area contributed by atoms with Crippen LogP contribution in [0.5, 0.6) is 0 Å². The molecule has 4 nitrogen and oxygen atoms in total. The molecule has 0 radical (unpaired) electrons. The fraction of sp³-hybridized carbons (Fsp3) is 0.143. The molecule has 2 aromatic rings. The maximum atomic E-state index is 11.8. The zero-order chi connectivity index (χ0) is 13.1. The van der Waals surface area contributed by atoms with Crippen molar-refractivity contribution in [3.63, 3.8) is 0 Å². The smallest absolute Gasteiger partial charge is 0.341 e. The van der Waals surface area contributed by atoms with E-state index in [0.717, 1.165) is 5.56 Å². The lowest BCUT2D eigenvalue weighted by molar-refractivity contribution is 0.0597. The summed E-state index contributed by atoms with van der Waals surface area (Å²) in [5, 5.41) is 0. The Balaban J connectivity index is 2.73. The average molecular weight is 244 g/mol. The summed E-state index contributed by atoms with van der Waals surface area (Å²) in [5.74, 6) is -0.261. The van der Waals surface area contributed by atoms with Gasteiger partial charge in [-0.1, -0.05) is 30.3 Å². The lowest BCUT2D eigenvalue weighted by Crippen LogP contribution is -2.11. The van der Waals surface area contributed by atoms with E-state index in [1.165, 1.54) is 13.2 Å². The predicted octanol–water partition coefficient (Wildman–Crippen LogP) is 2.40. The second-order valence-electron chi connectivity index (χ2n) is 3.77. The molecule has 0 spiro atoms. The maximum absolute atomic E-state index is 11.8. The molecule has 0 saturated heterocycles. The number of hydrogen-bond acceptors (Lipinski definition) is 4. The van der Waals surface area contributed by atoms with Gasteiger partial charge < -0.3 is 9.15 Å². The molecule has 0 aliphatic rings. The highest BCUT2D eigenvalue weighted by atomic mass is 16.5. The van der Waals surface area contributed by atoms with E-state index in [1.807, 2.05) is 30.3 Å². The molecular formula is C14H12O4. The van der Waals surface area contributed by atoms with Gasteiger partial charge in [0.1, 0.15) is 11.3 Å². The molecule has 0 aliphatic heterocycles. The first-order valence-electron chi connectivity index (χ1n) is 5.42. The van der Waals surface area contributed by atoms with Gasteiger partial charge in [0.2, 0.25) is 0 Å². The normalized spacial score (nSPS) is 10.1. The Labute approximate surface area is 104 Å². The first kappa shape index (κ1) is 12.1. The number of ether oxygens (including phenoxy) is 1. The number of rotatable bonds is 2. The molecule has 1 aromatic carbocycles. The summed E-state index contributed by atoms with van der Waals surface area (Å²) >= 11 is 0. The van der Waals surface area contributed by atoms with Crippen LogP contribution in [0, 0.1) is 6.92 Å². The zero-order valence-electron chi connectivity index (χ0n) is 10.1. The van der Waals surface area contributed by atoms with Crippen LogP contribution in [0.2, 0.25) is 0 Å². The van der Waals surface area contributed by atoms with E-state index in [-0.39, 0.29) is 11.3 Å². The Morgan fingerprint density at radius 1 is 1.22 bits per heavy atom. The number of esters is 1. The molecule has 1 aromatic heterocycles. The topological polar surface area (TPSA) is 56.5 Å². The molecule has 0 bridgehead atoms. The van der Waals surface area contributed by atoms with Gasteiger partial charge in [0, 0.05) is 11.6 Å². The number of carbonyl (C=O) groups is 1. The van der Waals surface area contributed by atoms with E-state index < -0.39 is 11.6 Å². The summed E-state index contributed by atoms with van der Waals surface area (Å²) in [5.41, 5.74) is 1.09. The molecule has 0 unspecified atom stereocenters. The second-order valence-corrected chi connectivity index (χ2v) is 3.77. The fourth-order valence-electron chi connectivity index (χ4n) is 1.81. The quantitative estimate of drug-likeness (QED) is 0.761. The van der Waals surface area contributed by atoms with Crippen molar-refractivity contribution in [2.45, 2.75) is 6.92 Å². The van der Waals surface area contributed by atoms with Crippen LogP contribution in [0.25, 0.3) is 11.1 Å². The first-order chi connectivity index (χ1) is 8.63. The third kappa shape index (κ3) is 2.18. The lowest BCUT2D eigenvalue weighted by atomic mass is 10.0. The summed E-state index contributed by atoms with van der Waals surface area (Å²) in [7, 11) is 1.29. The molecule has 1 heterocycles. The third-order valence-electron chi connectivity index (χ3n) is 2.61. The Bertz CT molecular complexity index is 626. The Hall–Kier alpha value is -2.36. The summed E-state index contributed by atoms with van der Waals surface area (Å²) in [6.45, 7) is 1.57. The molecule has 0 N–H and O–H groups in total. The van der Waals surface area contributed by atoms with Gasteiger partial charge in [0.15, 0.2) is 0 Å². The van der Waals surface area contributed by atoms with Crippen LogP contribution in [-0.4, -0.2) is 13.1 Å². The van der Waals surface area contributed by atoms with Gasteiger partial charge in [-0.15, -0.1) is 0 Å². The van der Waals surface area contributed by atoms with Gasteiger partial charge >= 0.3 is 11.6 Å². The van der Waals surface area contributed by atoms with E-state index >= 15 is 0 Å². The van der Waals surface area contributed by atoms with Gasteiger partial charge in [-0.25, -0.2) is 9.59 Å². The lowest BCUT2D eigenvalue weighted by Gasteiger charge is -2.09. The number of benzene rings is 1. The number of aryl methyl sites for hydroxylation is 1. The van der Waals surface area contributed by atoms with Crippen LogP contribution in [0.1, 0.15) is 16.1 Å². The number of methoxy groups -OCH3 is 1. The fourth-order valence-corrected chi connectivity index (χ4v) is 1.81. The molecule has 92 valence electrons. The van der Waals surface area contributed by atoms with E-state index in [4.69, 9.17) is 9.15 Å². The number of carbonyl (C=O) groups excluding carboxylic acids is 1. The highest BCUT2D eigenvalue weighted by Crippen LogP contribution is 2.25. The zero-order valence-corrected chi connectivity index (χ0v) is 10.1. The number of hydrogen-bond donors (Lipinski definition) is 0. The largest absolute Gasteiger partial charge is 0.465 e. The highest BCUT2D eigenvalue weighted by Gasteiger charge is 2.19. The van der Waals surface area contributed by atoms with Gasteiger partial charge in [0.25, 0.3) is 0 Å². The van der Waals surface area contributed by atoms with Crippen molar-refractivity contribution in [1.82, 2.24) is 0 Å². The molecule has 0 aliphatic carbocycles. The van der Waals surface area contributed by atoms with Crippen LogP contribution in [-0.2, 0) is 4.74 Å². The van der Waals surface area contributed by atoms with E-state index in [1.54, 1.807) is 6.92 Å². The van der Waals surface area contributed by atoms with Gasteiger partial charge in [-0.2, -0.15) is 0 Å².